The minimum atomic E-state index is -3.97. The highest BCUT2D eigenvalue weighted by atomic mass is 32.2. The number of tetrazole rings is 1. The van der Waals surface area contributed by atoms with Gasteiger partial charge in [0.05, 0.1) is 33.5 Å². The Kier molecular flexibility index (Phi) is 5.15. The zero-order valence-corrected chi connectivity index (χ0v) is 17.1. The van der Waals surface area contributed by atoms with E-state index in [4.69, 9.17) is 0 Å². The topological polar surface area (TPSA) is 127 Å². The number of sulfone groups is 1. The molecule has 1 aliphatic heterocycles. The fraction of sp³-hybridized carbons (Fsp3) is 0.235. The summed E-state index contributed by atoms with van der Waals surface area (Å²) >= 11 is 0. The summed E-state index contributed by atoms with van der Waals surface area (Å²) in [5.41, 5.74) is 0.761. The number of anilines is 2. The van der Waals surface area contributed by atoms with Crippen molar-refractivity contribution in [2.24, 2.45) is 0 Å². The Morgan fingerprint density at radius 2 is 1.83 bits per heavy atom. The summed E-state index contributed by atoms with van der Waals surface area (Å²) in [5, 5.41) is 10.8. The van der Waals surface area contributed by atoms with Gasteiger partial charge in [0, 0.05) is 13.1 Å². The second-order valence-electron chi connectivity index (χ2n) is 6.66. The van der Waals surface area contributed by atoms with Crippen LogP contribution in [0.25, 0.3) is 5.69 Å². The number of aromatic nitrogens is 4. The maximum absolute atomic E-state index is 14.3. The third-order valence-corrected chi connectivity index (χ3v) is 7.61. The third kappa shape index (κ3) is 4.26. The Hall–Kier alpha value is -3.06. The molecule has 1 fully saturated rings. The number of rotatable bonds is 5. The van der Waals surface area contributed by atoms with Gasteiger partial charge in [-0.3, -0.25) is 4.72 Å². The fourth-order valence-electron chi connectivity index (χ4n) is 3.06. The molecule has 3 aromatic rings. The SMILES string of the molecule is O=S1(=O)CCN(c2cc(NS(=O)(=O)c3cccc(-n4cnnn4)c3)ccc2F)CC1. The van der Waals surface area contributed by atoms with Crippen LogP contribution in [0, 0.1) is 5.82 Å². The van der Waals surface area contributed by atoms with Gasteiger partial charge in [0.1, 0.15) is 12.1 Å². The van der Waals surface area contributed by atoms with Gasteiger partial charge in [0.2, 0.25) is 0 Å². The number of benzene rings is 2. The lowest BCUT2D eigenvalue weighted by Crippen LogP contribution is -2.40. The first-order valence-electron chi connectivity index (χ1n) is 8.85. The average Bonchev–Trinajstić information content (AvgIpc) is 3.25. The summed E-state index contributed by atoms with van der Waals surface area (Å²) in [4.78, 5) is 1.57. The van der Waals surface area contributed by atoms with Crippen molar-refractivity contribution in [1.82, 2.24) is 20.2 Å². The van der Waals surface area contributed by atoms with Crippen molar-refractivity contribution in [3.63, 3.8) is 0 Å². The van der Waals surface area contributed by atoms with Crippen LogP contribution in [0.3, 0.4) is 0 Å². The molecule has 0 atom stereocenters. The van der Waals surface area contributed by atoms with Crippen molar-refractivity contribution in [1.29, 1.82) is 0 Å². The summed E-state index contributed by atoms with van der Waals surface area (Å²) in [7, 11) is -7.10. The van der Waals surface area contributed by atoms with Crippen molar-refractivity contribution < 1.29 is 21.2 Å². The van der Waals surface area contributed by atoms with Crippen LogP contribution in [0.15, 0.2) is 53.7 Å². The summed E-state index contributed by atoms with van der Waals surface area (Å²) < 4.78 is 66.9. The summed E-state index contributed by atoms with van der Waals surface area (Å²) in [6.45, 7) is 0.285. The van der Waals surface area contributed by atoms with E-state index in [2.05, 4.69) is 20.2 Å². The maximum Gasteiger partial charge on any atom is 0.261 e. The van der Waals surface area contributed by atoms with E-state index in [0.717, 1.165) is 6.07 Å². The number of nitrogens with zero attached hydrogens (tertiary/aromatic N) is 5. The molecule has 2 aromatic carbocycles. The number of hydrogen-bond donors (Lipinski definition) is 1. The Bertz CT molecular complexity index is 1270. The third-order valence-electron chi connectivity index (χ3n) is 4.62. The van der Waals surface area contributed by atoms with Gasteiger partial charge in [0.15, 0.2) is 9.84 Å². The van der Waals surface area contributed by atoms with E-state index >= 15 is 0 Å². The zero-order valence-electron chi connectivity index (χ0n) is 15.5. The van der Waals surface area contributed by atoms with Crippen LogP contribution < -0.4 is 9.62 Å². The van der Waals surface area contributed by atoms with Gasteiger partial charge in [0.25, 0.3) is 10.0 Å². The monoisotopic (exact) mass is 452 g/mol. The lowest BCUT2D eigenvalue weighted by atomic mass is 10.2. The lowest BCUT2D eigenvalue weighted by molar-refractivity contribution is 0.582. The predicted octanol–water partition coefficient (Wildman–Crippen LogP) is 0.837. The minimum absolute atomic E-state index is 0.0227. The Labute approximate surface area is 172 Å². The molecule has 0 aliphatic carbocycles. The first-order valence-corrected chi connectivity index (χ1v) is 12.2. The van der Waals surface area contributed by atoms with Crippen LogP contribution >= 0.6 is 0 Å². The first kappa shape index (κ1) is 20.2. The molecule has 1 aliphatic rings. The molecule has 0 amide bonds. The highest BCUT2D eigenvalue weighted by Crippen LogP contribution is 2.27. The molecule has 0 radical (unpaired) electrons. The standard InChI is InChI=1S/C17H17FN6O4S2/c18-16-5-4-13(10-17(16)23-6-8-29(25,26)9-7-23)20-30(27,28)15-3-1-2-14(11-15)24-12-19-21-22-24/h1-5,10-12,20H,6-9H2. The maximum atomic E-state index is 14.3. The Morgan fingerprint density at radius 3 is 2.53 bits per heavy atom. The largest absolute Gasteiger partial charge is 0.367 e. The fourth-order valence-corrected chi connectivity index (χ4v) is 5.35. The first-order chi connectivity index (χ1) is 14.2. The molecule has 1 saturated heterocycles. The van der Waals surface area contributed by atoms with Crippen molar-refractivity contribution >= 4 is 31.2 Å². The van der Waals surface area contributed by atoms with Gasteiger partial charge in [-0.25, -0.2) is 25.9 Å². The quantitative estimate of drug-likeness (QED) is 0.603. The molecular weight excluding hydrogens is 435 g/mol. The van der Waals surface area contributed by atoms with Crippen LogP contribution in [0.1, 0.15) is 0 Å². The van der Waals surface area contributed by atoms with Crippen molar-refractivity contribution in [3.05, 3.63) is 54.6 Å². The van der Waals surface area contributed by atoms with Crippen molar-refractivity contribution in [3.8, 4) is 5.69 Å². The smallest absolute Gasteiger partial charge is 0.261 e. The molecule has 4 rings (SSSR count). The molecule has 1 N–H and O–H groups in total. The lowest BCUT2D eigenvalue weighted by Gasteiger charge is -2.29. The zero-order chi connectivity index (χ0) is 21.4. The van der Waals surface area contributed by atoms with E-state index in [1.807, 2.05) is 0 Å². The highest BCUT2D eigenvalue weighted by Gasteiger charge is 2.24. The summed E-state index contributed by atoms with van der Waals surface area (Å²) in [5.74, 6) is -0.712. The number of halogens is 1. The molecule has 158 valence electrons. The Morgan fingerprint density at radius 1 is 1.07 bits per heavy atom. The van der Waals surface area contributed by atoms with E-state index < -0.39 is 25.7 Å². The van der Waals surface area contributed by atoms with Gasteiger partial charge in [-0.05, 0) is 46.8 Å². The van der Waals surface area contributed by atoms with Gasteiger partial charge in [-0.1, -0.05) is 6.07 Å². The molecule has 0 spiro atoms. The van der Waals surface area contributed by atoms with Crippen LogP contribution in [-0.4, -0.2) is 61.6 Å². The van der Waals surface area contributed by atoms with Gasteiger partial charge < -0.3 is 4.90 Å². The van der Waals surface area contributed by atoms with Crippen molar-refractivity contribution in [2.75, 3.05) is 34.2 Å². The second kappa shape index (κ2) is 7.65. The van der Waals surface area contributed by atoms with Crippen LogP contribution in [0.2, 0.25) is 0 Å². The van der Waals surface area contributed by atoms with Gasteiger partial charge in [-0.2, -0.15) is 0 Å². The molecule has 0 saturated carbocycles. The molecule has 13 heteroatoms. The predicted molar refractivity (Wildman–Crippen MR) is 107 cm³/mol. The normalized spacial score (nSPS) is 16.4. The number of sulfonamides is 1. The minimum Gasteiger partial charge on any atom is -0.367 e. The van der Waals surface area contributed by atoms with Crippen LogP contribution in [0.5, 0.6) is 0 Å². The number of nitrogens with one attached hydrogen (secondary N) is 1. The van der Waals surface area contributed by atoms with Crippen LogP contribution in [0.4, 0.5) is 15.8 Å². The summed E-state index contributed by atoms with van der Waals surface area (Å²) in [6.07, 6.45) is 1.34. The van der Waals surface area contributed by atoms with E-state index in [1.54, 1.807) is 17.0 Å². The van der Waals surface area contributed by atoms with E-state index in [0.29, 0.717) is 5.69 Å². The molecule has 10 nitrogen and oxygen atoms in total. The highest BCUT2D eigenvalue weighted by molar-refractivity contribution is 7.92. The molecule has 2 heterocycles. The van der Waals surface area contributed by atoms with Gasteiger partial charge in [-0.15, -0.1) is 5.10 Å². The Balaban J connectivity index is 1.59. The van der Waals surface area contributed by atoms with E-state index in [9.17, 15) is 21.2 Å². The van der Waals surface area contributed by atoms with E-state index in [-0.39, 0.29) is 40.9 Å². The summed E-state index contributed by atoms with van der Waals surface area (Å²) in [6, 6.07) is 9.83. The molecule has 0 bridgehead atoms. The molecule has 0 unspecified atom stereocenters. The van der Waals surface area contributed by atoms with Crippen molar-refractivity contribution in [2.45, 2.75) is 4.90 Å². The molecular formula is C17H17FN6O4S2. The molecule has 1 aromatic heterocycles. The molecule has 30 heavy (non-hydrogen) atoms. The number of hydrogen-bond acceptors (Lipinski definition) is 8. The second-order valence-corrected chi connectivity index (χ2v) is 10.6. The average molecular weight is 452 g/mol. The van der Waals surface area contributed by atoms with E-state index in [1.165, 1.54) is 35.3 Å². The van der Waals surface area contributed by atoms with Gasteiger partial charge >= 0.3 is 0 Å². The van der Waals surface area contributed by atoms with Crippen LogP contribution in [-0.2, 0) is 19.9 Å².